The highest BCUT2D eigenvalue weighted by molar-refractivity contribution is 6.09. The van der Waals surface area contributed by atoms with E-state index in [1.54, 1.807) is 19.3 Å². The largest absolute Gasteiger partial charge is 0.411 e. The second-order valence-electron chi connectivity index (χ2n) is 3.09. The van der Waals surface area contributed by atoms with Gasteiger partial charge in [-0.25, -0.2) is 0 Å². The summed E-state index contributed by atoms with van der Waals surface area (Å²) >= 11 is 0. The molecule has 0 amide bonds. The Kier molecular flexibility index (Phi) is 2.14. The molecule has 1 aromatic carbocycles. The standard InChI is InChI=1S/C11H10N2O/c1-8(13-14)10-4-2-3-9-7-12-6-5-11(9)10/h2-7,14H,1H3/b13-8-. The fraction of sp³-hybridized carbons (Fsp3) is 0.0909. The number of rotatable bonds is 1. The Morgan fingerprint density at radius 3 is 3.00 bits per heavy atom. The summed E-state index contributed by atoms with van der Waals surface area (Å²) in [4.78, 5) is 4.04. The van der Waals surface area contributed by atoms with Crippen LogP contribution in [0.15, 0.2) is 41.8 Å². The topological polar surface area (TPSA) is 45.5 Å². The Bertz CT molecular complexity index is 486. The molecule has 3 nitrogen and oxygen atoms in total. The molecule has 1 aromatic heterocycles. The molecule has 0 unspecified atom stereocenters. The number of oxime groups is 1. The van der Waals surface area contributed by atoms with E-state index >= 15 is 0 Å². The minimum atomic E-state index is 0.613. The minimum Gasteiger partial charge on any atom is -0.411 e. The molecule has 0 aliphatic carbocycles. The Hall–Kier alpha value is -1.90. The van der Waals surface area contributed by atoms with Gasteiger partial charge in [0.25, 0.3) is 0 Å². The lowest BCUT2D eigenvalue weighted by molar-refractivity contribution is 0.319. The predicted octanol–water partition coefficient (Wildman–Crippen LogP) is 2.43. The average Bonchev–Trinajstić information content (AvgIpc) is 2.27. The van der Waals surface area contributed by atoms with Gasteiger partial charge in [-0.05, 0) is 18.4 Å². The average molecular weight is 186 g/mol. The molecular formula is C11H10N2O. The summed E-state index contributed by atoms with van der Waals surface area (Å²) in [5.74, 6) is 0. The summed E-state index contributed by atoms with van der Waals surface area (Å²) in [6.07, 6.45) is 3.53. The number of hydrogen-bond donors (Lipinski definition) is 1. The van der Waals surface area contributed by atoms with Crippen LogP contribution in [0.3, 0.4) is 0 Å². The molecule has 3 heteroatoms. The number of pyridine rings is 1. The van der Waals surface area contributed by atoms with E-state index < -0.39 is 0 Å². The Labute approximate surface area is 81.7 Å². The van der Waals surface area contributed by atoms with Gasteiger partial charge in [-0.3, -0.25) is 4.98 Å². The maximum Gasteiger partial charge on any atom is 0.0843 e. The van der Waals surface area contributed by atoms with Crippen LogP contribution in [0.2, 0.25) is 0 Å². The maximum atomic E-state index is 8.72. The van der Waals surface area contributed by atoms with E-state index in [9.17, 15) is 0 Å². The molecule has 0 aliphatic rings. The third-order valence-electron chi connectivity index (χ3n) is 2.22. The zero-order chi connectivity index (χ0) is 9.97. The van der Waals surface area contributed by atoms with Crippen LogP contribution < -0.4 is 0 Å². The van der Waals surface area contributed by atoms with E-state index in [1.165, 1.54) is 0 Å². The normalized spacial score (nSPS) is 11.9. The number of nitrogens with zero attached hydrogens (tertiary/aromatic N) is 2. The van der Waals surface area contributed by atoms with Crippen molar-refractivity contribution >= 4 is 16.5 Å². The van der Waals surface area contributed by atoms with Crippen molar-refractivity contribution in [2.45, 2.75) is 6.92 Å². The van der Waals surface area contributed by atoms with Crippen LogP contribution in [-0.4, -0.2) is 15.9 Å². The zero-order valence-corrected chi connectivity index (χ0v) is 7.81. The molecule has 0 fully saturated rings. The van der Waals surface area contributed by atoms with E-state index in [1.807, 2.05) is 24.3 Å². The number of benzene rings is 1. The second-order valence-corrected chi connectivity index (χ2v) is 3.09. The van der Waals surface area contributed by atoms with Crippen LogP contribution >= 0.6 is 0 Å². The Balaban J connectivity index is 2.77. The SMILES string of the molecule is C/C(=N/O)c1cccc2cnccc12. The van der Waals surface area contributed by atoms with Gasteiger partial charge in [0.05, 0.1) is 5.71 Å². The third kappa shape index (κ3) is 1.33. The summed E-state index contributed by atoms with van der Waals surface area (Å²) in [6, 6.07) is 7.75. The van der Waals surface area contributed by atoms with Crippen LogP contribution in [-0.2, 0) is 0 Å². The van der Waals surface area contributed by atoms with Crippen molar-refractivity contribution in [2.24, 2.45) is 5.16 Å². The minimum absolute atomic E-state index is 0.613. The van der Waals surface area contributed by atoms with Crippen molar-refractivity contribution in [3.8, 4) is 0 Å². The molecule has 0 saturated heterocycles. The quantitative estimate of drug-likeness (QED) is 0.422. The summed E-state index contributed by atoms with van der Waals surface area (Å²) < 4.78 is 0. The van der Waals surface area contributed by atoms with Crippen LogP contribution in [0.25, 0.3) is 10.8 Å². The Morgan fingerprint density at radius 1 is 1.36 bits per heavy atom. The molecule has 0 spiro atoms. The van der Waals surface area contributed by atoms with Crippen molar-refractivity contribution in [3.05, 3.63) is 42.2 Å². The van der Waals surface area contributed by atoms with Gasteiger partial charge in [-0.1, -0.05) is 23.4 Å². The highest BCUT2D eigenvalue weighted by Crippen LogP contribution is 2.17. The molecule has 1 N–H and O–H groups in total. The lowest BCUT2D eigenvalue weighted by Gasteiger charge is -2.03. The van der Waals surface area contributed by atoms with Gasteiger partial charge in [0, 0.05) is 23.3 Å². The van der Waals surface area contributed by atoms with Crippen molar-refractivity contribution < 1.29 is 5.21 Å². The van der Waals surface area contributed by atoms with Gasteiger partial charge in [0.15, 0.2) is 0 Å². The molecule has 0 radical (unpaired) electrons. The van der Waals surface area contributed by atoms with Gasteiger partial charge in [-0.2, -0.15) is 0 Å². The van der Waals surface area contributed by atoms with E-state index in [2.05, 4.69) is 10.1 Å². The summed E-state index contributed by atoms with van der Waals surface area (Å²) in [5.41, 5.74) is 1.55. The molecule has 0 atom stereocenters. The van der Waals surface area contributed by atoms with Gasteiger partial charge in [0.1, 0.15) is 0 Å². The van der Waals surface area contributed by atoms with Crippen molar-refractivity contribution in [1.82, 2.24) is 4.98 Å². The van der Waals surface area contributed by atoms with E-state index in [0.717, 1.165) is 16.3 Å². The molecule has 0 aliphatic heterocycles. The van der Waals surface area contributed by atoms with Crippen molar-refractivity contribution in [1.29, 1.82) is 0 Å². The molecule has 1 heterocycles. The molecule has 2 rings (SSSR count). The van der Waals surface area contributed by atoms with Crippen LogP contribution in [0, 0.1) is 0 Å². The Morgan fingerprint density at radius 2 is 2.21 bits per heavy atom. The summed E-state index contributed by atoms with van der Waals surface area (Å²) in [5, 5.41) is 14.0. The molecule has 0 bridgehead atoms. The molecule has 0 saturated carbocycles. The highest BCUT2D eigenvalue weighted by atomic mass is 16.4. The molecule has 14 heavy (non-hydrogen) atoms. The first kappa shape index (κ1) is 8.69. The fourth-order valence-corrected chi connectivity index (χ4v) is 1.49. The first-order chi connectivity index (χ1) is 6.83. The lowest BCUT2D eigenvalue weighted by Crippen LogP contribution is -1.95. The third-order valence-corrected chi connectivity index (χ3v) is 2.22. The monoisotopic (exact) mass is 186 g/mol. The maximum absolute atomic E-state index is 8.72. The number of hydrogen-bond acceptors (Lipinski definition) is 3. The van der Waals surface area contributed by atoms with Crippen LogP contribution in [0.1, 0.15) is 12.5 Å². The lowest BCUT2D eigenvalue weighted by atomic mass is 10.0. The summed E-state index contributed by atoms with van der Waals surface area (Å²) in [6.45, 7) is 1.77. The van der Waals surface area contributed by atoms with E-state index in [4.69, 9.17) is 5.21 Å². The van der Waals surface area contributed by atoms with Crippen molar-refractivity contribution in [2.75, 3.05) is 0 Å². The fourth-order valence-electron chi connectivity index (χ4n) is 1.49. The van der Waals surface area contributed by atoms with Gasteiger partial charge in [-0.15, -0.1) is 0 Å². The number of fused-ring (bicyclic) bond motifs is 1. The van der Waals surface area contributed by atoms with Crippen LogP contribution in [0.5, 0.6) is 0 Å². The van der Waals surface area contributed by atoms with E-state index in [0.29, 0.717) is 5.71 Å². The first-order valence-corrected chi connectivity index (χ1v) is 4.34. The summed E-state index contributed by atoms with van der Waals surface area (Å²) in [7, 11) is 0. The smallest absolute Gasteiger partial charge is 0.0843 e. The second kappa shape index (κ2) is 3.46. The van der Waals surface area contributed by atoms with E-state index in [-0.39, 0.29) is 0 Å². The molecular weight excluding hydrogens is 176 g/mol. The van der Waals surface area contributed by atoms with Gasteiger partial charge >= 0.3 is 0 Å². The first-order valence-electron chi connectivity index (χ1n) is 4.34. The van der Waals surface area contributed by atoms with Gasteiger partial charge in [0.2, 0.25) is 0 Å². The number of aromatic nitrogens is 1. The highest BCUT2D eigenvalue weighted by Gasteiger charge is 2.02. The molecule has 2 aromatic rings. The van der Waals surface area contributed by atoms with Crippen molar-refractivity contribution in [3.63, 3.8) is 0 Å². The molecule has 70 valence electrons. The van der Waals surface area contributed by atoms with Gasteiger partial charge < -0.3 is 5.21 Å². The predicted molar refractivity (Wildman–Crippen MR) is 55.7 cm³/mol. The van der Waals surface area contributed by atoms with Crippen LogP contribution in [0.4, 0.5) is 0 Å². The zero-order valence-electron chi connectivity index (χ0n) is 7.81.